The number of para-hydroxylation sites is 2. The second kappa shape index (κ2) is 6.96. The fraction of sp³-hybridized carbons (Fsp3) is 0.0714. The second-order valence-corrected chi connectivity index (χ2v) is 5.39. The van der Waals surface area contributed by atoms with Gasteiger partial charge in [-0.3, -0.25) is 14.9 Å². The van der Waals surface area contributed by atoms with Crippen LogP contribution in [-0.2, 0) is 4.79 Å². The first-order valence-electron chi connectivity index (χ1n) is 6.66. The highest BCUT2D eigenvalue weighted by Gasteiger charge is 2.11. The van der Waals surface area contributed by atoms with Gasteiger partial charge in [-0.05, 0) is 18.2 Å². The van der Waals surface area contributed by atoms with E-state index in [1.165, 1.54) is 18.3 Å². The summed E-state index contributed by atoms with van der Waals surface area (Å²) in [5.74, 6) is -0.551. The number of oxazole rings is 1. The number of thioether (sulfide) groups is 1. The zero-order valence-electron chi connectivity index (χ0n) is 12.0. The van der Waals surface area contributed by atoms with E-state index in [-0.39, 0.29) is 17.4 Å². The Balaban J connectivity index is 1.50. The van der Waals surface area contributed by atoms with E-state index in [1.54, 1.807) is 6.07 Å². The highest BCUT2D eigenvalue weighted by molar-refractivity contribution is 7.99. The number of hydrazone groups is 1. The van der Waals surface area contributed by atoms with Gasteiger partial charge in [-0.2, -0.15) is 5.10 Å². The van der Waals surface area contributed by atoms with E-state index in [1.807, 2.05) is 18.2 Å². The smallest absolute Gasteiger partial charge is 0.431 e. The first kappa shape index (κ1) is 15.7. The Hall–Kier alpha value is -3.14. The van der Waals surface area contributed by atoms with Crippen LogP contribution in [0.15, 0.2) is 55.6 Å². The number of carbonyl (C=O) groups excluding carboxylic acids is 1. The Kier molecular flexibility index (Phi) is 4.57. The number of rotatable bonds is 6. The maximum Gasteiger partial charge on any atom is 0.433 e. The van der Waals surface area contributed by atoms with Crippen LogP contribution in [-0.4, -0.2) is 27.8 Å². The Bertz CT molecular complexity index is 884. The van der Waals surface area contributed by atoms with Gasteiger partial charge >= 0.3 is 5.88 Å². The molecule has 0 atom stereocenters. The average Bonchev–Trinajstić information content (AvgIpc) is 3.19. The van der Waals surface area contributed by atoms with Gasteiger partial charge in [0.2, 0.25) is 0 Å². The van der Waals surface area contributed by atoms with Crippen molar-refractivity contribution in [3.63, 3.8) is 0 Å². The SMILES string of the molecule is O=C(CSc1nc2ccccc2o1)NN=Cc1ccc([N+](=O)[O-])o1. The van der Waals surface area contributed by atoms with Crippen molar-refractivity contribution in [2.24, 2.45) is 5.10 Å². The summed E-state index contributed by atoms with van der Waals surface area (Å²) < 4.78 is 10.3. The van der Waals surface area contributed by atoms with Crippen molar-refractivity contribution in [1.29, 1.82) is 0 Å². The van der Waals surface area contributed by atoms with Gasteiger partial charge in [0.15, 0.2) is 11.3 Å². The molecule has 2 heterocycles. The molecule has 1 N–H and O–H groups in total. The topological polar surface area (TPSA) is 124 Å². The van der Waals surface area contributed by atoms with Crippen LogP contribution >= 0.6 is 11.8 Å². The van der Waals surface area contributed by atoms with Crippen molar-refractivity contribution in [2.45, 2.75) is 5.22 Å². The number of hydrogen-bond acceptors (Lipinski definition) is 8. The van der Waals surface area contributed by atoms with Crippen LogP contribution in [0.1, 0.15) is 5.76 Å². The van der Waals surface area contributed by atoms with Crippen LogP contribution in [0.5, 0.6) is 0 Å². The number of nitrogens with one attached hydrogen (secondary N) is 1. The number of aromatic nitrogens is 1. The van der Waals surface area contributed by atoms with Crippen molar-refractivity contribution in [2.75, 3.05) is 5.75 Å². The van der Waals surface area contributed by atoms with Crippen molar-refractivity contribution in [3.05, 3.63) is 52.3 Å². The van der Waals surface area contributed by atoms with Gasteiger partial charge in [-0.1, -0.05) is 23.9 Å². The van der Waals surface area contributed by atoms with E-state index >= 15 is 0 Å². The van der Waals surface area contributed by atoms with Crippen LogP contribution in [0.3, 0.4) is 0 Å². The molecule has 0 bridgehead atoms. The molecule has 0 unspecified atom stereocenters. The van der Waals surface area contributed by atoms with Gasteiger partial charge in [-0.15, -0.1) is 0 Å². The van der Waals surface area contributed by atoms with Crippen molar-refractivity contribution in [3.8, 4) is 0 Å². The Morgan fingerprint density at radius 2 is 2.17 bits per heavy atom. The highest BCUT2D eigenvalue weighted by atomic mass is 32.2. The molecular weight excluding hydrogens is 336 g/mol. The minimum Gasteiger partial charge on any atom is -0.431 e. The molecule has 1 amide bonds. The maximum absolute atomic E-state index is 11.7. The lowest BCUT2D eigenvalue weighted by molar-refractivity contribution is -0.402. The average molecular weight is 346 g/mol. The number of nitro groups is 1. The molecule has 10 heteroatoms. The van der Waals surface area contributed by atoms with E-state index in [4.69, 9.17) is 8.83 Å². The number of furan rings is 1. The van der Waals surface area contributed by atoms with Crippen LogP contribution in [0, 0.1) is 10.1 Å². The lowest BCUT2D eigenvalue weighted by Crippen LogP contribution is -2.19. The molecule has 24 heavy (non-hydrogen) atoms. The summed E-state index contributed by atoms with van der Waals surface area (Å²) >= 11 is 1.13. The predicted molar refractivity (Wildman–Crippen MR) is 85.8 cm³/mol. The Labute approximate surface area is 138 Å². The third kappa shape index (κ3) is 3.79. The monoisotopic (exact) mass is 346 g/mol. The number of nitrogens with zero attached hydrogens (tertiary/aromatic N) is 3. The number of fused-ring (bicyclic) bond motifs is 1. The zero-order valence-corrected chi connectivity index (χ0v) is 12.9. The zero-order chi connectivity index (χ0) is 16.9. The summed E-state index contributed by atoms with van der Waals surface area (Å²) in [5, 5.41) is 14.5. The molecular formula is C14H10N4O5S. The Morgan fingerprint density at radius 3 is 2.92 bits per heavy atom. The predicted octanol–water partition coefficient (Wildman–Crippen LogP) is 2.57. The number of carbonyl (C=O) groups is 1. The summed E-state index contributed by atoms with van der Waals surface area (Å²) in [6.45, 7) is 0. The van der Waals surface area contributed by atoms with Gasteiger partial charge in [0.25, 0.3) is 11.1 Å². The second-order valence-electron chi connectivity index (χ2n) is 4.46. The van der Waals surface area contributed by atoms with E-state index in [2.05, 4.69) is 15.5 Å². The lowest BCUT2D eigenvalue weighted by Gasteiger charge is -1.96. The van der Waals surface area contributed by atoms with E-state index in [0.717, 1.165) is 17.3 Å². The molecule has 0 radical (unpaired) electrons. The number of hydrogen-bond donors (Lipinski definition) is 1. The van der Waals surface area contributed by atoms with Gasteiger partial charge in [-0.25, -0.2) is 10.4 Å². The molecule has 3 rings (SSSR count). The molecule has 1 aromatic carbocycles. The molecule has 122 valence electrons. The van der Waals surface area contributed by atoms with E-state index in [0.29, 0.717) is 10.8 Å². The first-order chi connectivity index (χ1) is 11.6. The molecule has 0 aliphatic rings. The Morgan fingerprint density at radius 1 is 1.33 bits per heavy atom. The molecule has 0 spiro atoms. The minimum absolute atomic E-state index is 0.0580. The molecule has 2 aromatic heterocycles. The third-order valence-electron chi connectivity index (χ3n) is 2.77. The fourth-order valence-corrected chi connectivity index (χ4v) is 2.38. The number of amides is 1. The highest BCUT2D eigenvalue weighted by Crippen LogP contribution is 2.22. The van der Waals surface area contributed by atoms with Gasteiger partial charge in [0.1, 0.15) is 10.4 Å². The standard InChI is InChI=1S/C14H10N4O5S/c19-12(17-15-7-9-5-6-13(22-9)18(20)21)8-24-14-16-10-3-1-2-4-11(10)23-14/h1-7H,8H2,(H,17,19). The number of benzene rings is 1. The summed E-state index contributed by atoms with van der Waals surface area (Å²) in [4.78, 5) is 25.7. The van der Waals surface area contributed by atoms with Crippen LogP contribution in [0.4, 0.5) is 5.88 Å². The van der Waals surface area contributed by atoms with Crippen LogP contribution < -0.4 is 5.43 Å². The van der Waals surface area contributed by atoms with E-state index < -0.39 is 10.8 Å². The molecule has 0 aliphatic heterocycles. The third-order valence-corrected chi connectivity index (χ3v) is 3.60. The normalized spacial score (nSPS) is 11.2. The van der Waals surface area contributed by atoms with Crippen molar-refractivity contribution < 1.29 is 18.6 Å². The van der Waals surface area contributed by atoms with Crippen molar-refractivity contribution >= 4 is 40.9 Å². The van der Waals surface area contributed by atoms with Gasteiger partial charge in [0.05, 0.1) is 18.0 Å². The lowest BCUT2D eigenvalue weighted by atomic mass is 10.3. The summed E-state index contributed by atoms with van der Waals surface area (Å²) in [7, 11) is 0. The van der Waals surface area contributed by atoms with Gasteiger partial charge in [0, 0.05) is 0 Å². The maximum atomic E-state index is 11.7. The minimum atomic E-state index is -0.660. The molecule has 3 aromatic rings. The van der Waals surface area contributed by atoms with Crippen LogP contribution in [0.2, 0.25) is 0 Å². The molecule has 0 saturated carbocycles. The molecule has 0 saturated heterocycles. The molecule has 0 fully saturated rings. The van der Waals surface area contributed by atoms with Crippen LogP contribution in [0.25, 0.3) is 11.1 Å². The quantitative estimate of drug-likeness (QED) is 0.315. The van der Waals surface area contributed by atoms with Crippen molar-refractivity contribution in [1.82, 2.24) is 10.4 Å². The summed E-state index contributed by atoms with van der Waals surface area (Å²) in [6.07, 6.45) is 1.18. The molecule has 9 nitrogen and oxygen atoms in total. The summed E-state index contributed by atoms with van der Waals surface area (Å²) in [5.41, 5.74) is 3.66. The summed E-state index contributed by atoms with van der Waals surface area (Å²) in [6, 6.07) is 9.87. The first-order valence-corrected chi connectivity index (χ1v) is 7.65. The fourth-order valence-electron chi connectivity index (χ4n) is 1.75. The largest absolute Gasteiger partial charge is 0.433 e. The van der Waals surface area contributed by atoms with Gasteiger partial charge < -0.3 is 8.83 Å². The molecule has 0 aliphatic carbocycles. The van der Waals surface area contributed by atoms with E-state index in [9.17, 15) is 14.9 Å².